The van der Waals surface area contributed by atoms with Crippen LogP contribution in [0, 0.1) is 0 Å². The van der Waals surface area contributed by atoms with Gasteiger partial charge in [-0.3, -0.25) is 9.59 Å². The van der Waals surface area contributed by atoms with Crippen LogP contribution in [-0.2, 0) is 22.6 Å². The molecular weight excluding hydrogens is 443 g/mol. The number of halogens is 3. The van der Waals surface area contributed by atoms with Crippen LogP contribution in [0.2, 0.25) is 15.1 Å². The van der Waals surface area contributed by atoms with Gasteiger partial charge in [0, 0.05) is 17.6 Å². The Hall–Kier alpha value is -1.75. The molecule has 0 aliphatic carbocycles. The van der Waals surface area contributed by atoms with Crippen molar-refractivity contribution in [3.63, 3.8) is 0 Å². The molecule has 2 aromatic carbocycles. The van der Waals surface area contributed by atoms with Crippen LogP contribution in [0.5, 0.6) is 0 Å². The first-order valence-corrected chi connectivity index (χ1v) is 11.2. The highest BCUT2D eigenvalue weighted by atomic mass is 35.5. The SMILES string of the molecule is CC[C@H](C(=O)N[C@@H](C)CC)N(Cc1ccc(Cl)c(Cl)c1)C(=O)Cc1ccccc1Cl. The van der Waals surface area contributed by atoms with E-state index in [9.17, 15) is 9.59 Å². The van der Waals surface area contributed by atoms with E-state index in [-0.39, 0.29) is 30.8 Å². The largest absolute Gasteiger partial charge is 0.352 e. The molecular formula is C23H27Cl3N2O2. The maximum Gasteiger partial charge on any atom is 0.243 e. The van der Waals surface area contributed by atoms with Crippen molar-refractivity contribution < 1.29 is 9.59 Å². The average molecular weight is 470 g/mol. The Kier molecular flexibility index (Phi) is 9.47. The summed E-state index contributed by atoms with van der Waals surface area (Å²) in [7, 11) is 0. The summed E-state index contributed by atoms with van der Waals surface area (Å²) in [5, 5.41) is 4.36. The molecule has 0 aromatic heterocycles. The highest BCUT2D eigenvalue weighted by Gasteiger charge is 2.29. The molecule has 2 amide bonds. The molecule has 0 aliphatic heterocycles. The molecule has 0 saturated carbocycles. The van der Waals surface area contributed by atoms with E-state index in [4.69, 9.17) is 34.8 Å². The van der Waals surface area contributed by atoms with E-state index in [0.717, 1.165) is 17.5 Å². The van der Waals surface area contributed by atoms with Crippen LogP contribution in [-0.4, -0.2) is 28.8 Å². The van der Waals surface area contributed by atoms with Gasteiger partial charge in [0.05, 0.1) is 16.5 Å². The second-order valence-corrected chi connectivity index (χ2v) is 8.50. The summed E-state index contributed by atoms with van der Waals surface area (Å²) in [6.07, 6.45) is 1.40. The molecule has 2 rings (SSSR count). The molecule has 7 heteroatoms. The van der Waals surface area contributed by atoms with E-state index < -0.39 is 6.04 Å². The number of hydrogen-bond donors (Lipinski definition) is 1. The summed E-state index contributed by atoms with van der Waals surface area (Å²) in [6.45, 7) is 6.08. The molecule has 1 N–H and O–H groups in total. The van der Waals surface area contributed by atoms with Gasteiger partial charge in [-0.1, -0.05) is 72.9 Å². The van der Waals surface area contributed by atoms with Crippen molar-refractivity contribution in [2.24, 2.45) is 0 Å². The molecule has 0 bridgehead atoms. The van der Waals surface area contributed by atoms with Gasteiger partial charge < -0.3 is 10.2 Å². The number of nitrogens with one attached hydrogen (secondary N) is 1. The average Bonchev–Trinajstić information content (AvgIpc) is 2.72. The zero-order valence-electron chi connectivity index (χ0n) is 17.4. The van der Waals surface area contributed by atoms with Crippen LogP contribution >= 0.6 is 34.8 Å². The first-order valence-electron chi connectivity index (χ1n) is 10.0. The summed E-state index contributed by atoms with van der Waals surface area (Å²) in [5.41, 5.74) is 1.52. The van der Waals surface area contributed by atoms with Gasteiger partial charge in [-0.05, 0) is 49.1 Å². The van der Waals surface area contributed by atoms with Crippen LogP contribution in [0.15, 0.2) is 42.5 Å². The minimum atomic E-state index is -0.608. The quantitative estimate of drug-likeness (QED) is 0.496. The van der Waals surface area contributed by atoms with Gasteiger partial charge in [-0.2, -0.15) is 0 Å². The molecule has 0 heterocycles. The second-order valence-electron chi connectivity index (χ2n) is 7.28. The highest BCUT2D eigenvalue weighted by molar-refractivity contribution is 6.42. The first-order chi connectivity index (χ1) is 14.3. The van der Waals surface area contributed by atoms with Gasteiger partial charge in [-0.15, -0.1) is 0 Å². The number of hydrogen-bond acceptors (Lipinski definition) is 2. The van der Waals surface area contributed by atoms with Crippen molar-refractivity contribution >= 4 is 46.6 Å². The number of amides is 2. The van der Waals surface area contributed by atoms with Gasteiger partial charge in [0.1, 0.15) is 6.04 Å². The van der Waals surface area contributed by atoms with Crippen LogP contribution < -0.4 is 5.32 Å². The zero-order chi connectivity index (χ0) is 22.3. The molecule has 0 unspecified atom stereocenters. The summed E-state index contributed by atoms with van der Waals surface area (Å²) in [4.78, 5) is 27.8. The topological polar surface area (TPSA) is 49.4 Å². The third kappa shape index (κ3) is 6.63. The fourth-order valence-electron chi connectivity index (χ4n) is 3.10. The van der Waals surface area contributed by atoms with Gasteiger partial charge in [-0.25, -0.2) is 0 Å². The van der Waals surface area contributed by atoms with Gasteiger partial charge in [0.2, 0.25) is 11.8 Å². The third-order valence-electron chi connectivity index (χ3n) is 5.02. The summed E-state index contributed by atoms with van der Waals surface area (Å²) < 4.78 is 0. The lowest BCUT2D eigenvalue weighted by atomic mass is 10.1. The zero-order valence-corrected chi connectivity index (χ0v) is 19.7. The maximum absolute atomic E-state index is 13.3. The Morgan fingerprint density at radius 1 is 0.967 bits per heavy atom. The summed E-state index contributed by atoms with van der Waals surface area (Å²) in [6, 6.07) is 11.9. The molecule has 4 nitrogen and oxygen atoms in total. The Morgan fingerprint density at radius 3 is 2.27 bits per heavy atom. The summed E-state index contributed by atoms with van der Waals surface area (Å²) >= 11 is 18.4. The van der Waals surface area contributed by atoms with Crippen molar-refractivity contribution in [1.29, 1.82) is 0 Å². The van der Waals surface area contributed by atoms with E-state index in [1.54, 1.807) is 23.1 Å². The molecule has 0 spiro atoms. The van der Waals surface area contributed by atoms with Crippen molar-refractivity contribution in [2.75, 3.05) is 0 Å². The van der Waals surface area contributed by atoms with Gasteiger partial charge in [0.15, 0.2) is 0 Å². The molecule has 162 valence electrons. The lowest BCUT2D eigenvalue weighted by Crippen LogP contribution is -2.51. The Labute approximate surface area is 193 Å². The van der Waals surface area contributed by atoms with Gasteiger partial charge in [0.25, 0.3) is 0 Å². The van der Waals surface area contributed by atoms with Crippen LogP contribution in [0.1, 0.15) is 44.7 Å². The Morgan fingerprint density at radius 2 is 1.67 bits per heavy atom. The summed E-state index contributed by atoms with van der Waals surface area (Å²) in [5.74, 6) is -0.347. The second kappa shape index (κ2) is 11.6. The Balaban J connectivity index is 2.34. The number of carbonyl (C=O) groups is 2. The molecule has 0 radical (unpaired) electrons. The van der Waals surface area contributed by atoms with Crippen molar-refractivity contribution in [1.82, 2.24) is 10.2 Å². The van der Waals surface area contributed by atoms with E-state index >= 15 is 0 Å². The standard InChI is InChI=1S/C23H27Cl3N2O2/c1-4-15(3)27-23(30)21(5-2)28(14-16-10-11-19(25)20(26)12-16)22(29)13-17-8-6-7-9-18(17)24/h6-12,15,21H,4-5,13-14H2,1-3H3,(H,27,30)/t15-,21+/m0/s1. The predicted molar refractivity (Wildman–Crippen MR) is 124 cm³/mol. The molecule has 0 saturated heterocycles. The predicted octanol–water partition coefficient (Wildman–Crippen LogP) is 5.91. The minimum absolute atomic E-state index is 0.0250. The van der Waals surface area contributed by atoms with Crippen LogP contribution in [0.25, 0.3) is 0 Å². The van der Waals surface area contributed by atoms with Crippen molar-refractivity contribution in [2.45, 2.75) is 58.7 Å². The molecule has 2 atom stereocenters. The van der Waals surface area contributed by atoms with Crippen LogP contribution in [0.4, 0.5) is 0 Å². The lowest BCUT2D eigenvalue weighted by Gasteiger charge is -2.31. The third-order valence-corrected chi connectivity index (χ3v) is 6.13. The lowest BCUT2D eigenvalue weighted by molar-refractivity contribution is -0.141. The fraction of sp³-hybridized carbons (Fsp3) is 0.391. The fourth-order valence-corrected chi connectivity index (χ4v) is 3.62. The molecule has 30 heavy (non-hydrogen) atoms. The molecule has 2 aromatic rings. The highest BCUT2D eigenvalue weighted by Crippen LogP contribution is 2.25. The number of nitrogens with zero attached hydrogens (tertiary/aromatic N) is 1. The smallest absolute Gasteiger partial charge is 0.243 e. The van der Waals surface area contributed by atoms with Crippen LogP contribution in [0.3, 0.4) is 0 Å². The Bertz CT molecular complexity index is 889. The van der Waals surface area contributed by atoms with E-state index in [2.05, 4.69) is 5.32 Å². The van der Waals surface area contributed by atoms with E-state index in [1.165, 1.54) is 0 Å². The van der Waals surface area contributed by atoms with Crippen molar-refractivity contribution in [3.05, 3.63) is 68.7 Å². The molecule has 0 aliphatic rings. The normalized spacial score (nSPS) is 12.9. The van der Waals surface area contributed by atoms with E-state index in [1.807, 2.05) is 45.0 Å². The number of benzene rings is 2. The van der Waals surface area contributed by atoms with Crippen molar-refractivity contribution in [3.8, 4) is 0 Å². The minimum Gasteiger partial charge on any atom is -0.352 e. The first kappa shape index (κ1) is 24.5. The van der Waals surface area contributed by atoms with E-state index in [0.29, 0.717) is 21.5 Å². The monoisotopic (exact) mass is 468 g/mol. The number of rotatable bonds is 9. The maximum atomic E-state index is 13.3. The molecule has 0 fully saturated rings. The van der Waals surface area contributed by atoms with Gasteiger partial charge >= 0.3 is 0 Å². The number of carbonyl (C=O) groups excluding carboxylic acids is 2.